The maximum atomic E-state index is 14.6. The molecular formula is C16H26F2O5. The highest BCUT2D eigenvalue weighted by molar-refractivity contribution is 5.77. The smallest absolute Gasteiger partial charge is 0.377 e. The van der Waals surface area contributed by atoms with Crippen molar-refractivity contribution in [3.05, 3.63) is 12.7 Å². The number of hydrogen-bond donors (Lipinski definition) is 1. The van der Waals surface area contributed by atoms with Crippen LogP contribution in [0, 0.1) is 0 Å². The lowest BCUT2D eigenvalue weighted by Gasteiger charge is -2.41. The normalized spacial score (nSPS) is 23.4. The summed E-state index contributed by atoms with van der Waals surface area (Å²) in [5, 5.41) is 9.04. The van der Waals surface area contributed by atoms with Crippen LogP contribution in [0.3, 0.4) is 0 Å². The van der Waals surface area contributed by atoms with Crippen molar-refractivity contribution in [2.45, 2.75) is 69.9 Å². The van der Waals surface area contributed by atoms with E-state index in [9.17, 15) is 13.6 Å². The molecule has 0 aromatic heterocycles. The molecule has 134 valence electrons. The van der Waals surface area contributed by atoms with Gasteiger partial charge in [-0.05, 0) is 20.3 Å². The fourth-order valence-electron chi connectivity index (χ4n) is 2.62. The second-order valence-electron chi connectivity index (χ2n) is 6.13. The third-order valence-corrected chi connectivity index (χ3v) is 3.88. The molecular weight excluding hydrogens is 310 g/mol. The zero-order valence-corrected chi connectivity index (χ0v) is 13.9. The molecule has 23 heavy (non-hydrogen) atoms. The molecule has 2 unspecified atom stereocenters. The van der Waals surface area contributed by atoms with Gasteiger partial charge in [0.05, 0.1) is 6.61 Å². The Labute approximate surface area is 135 Å². The molecule has 1 N–H and O–H groups in total. The van der Waals surface area contributed by atoms with Crippen molar-refractivity contribution in [2.75, 3.05) is 13.2 Å². The highest BCUT2D eigenvalue weighted by Gasteiger charge is 2.66. The summed E-state index contributed by atoms with van der Waals surface area (Å²) >= 11 is 0. The fraction of sp³-hybridized carbons (Fsp3) is 0.812. The van der Waals surface area contributed by atoms with Crippen molar-refractivity contribution in [3.63, 3.8) is 0 Å². The SMILES string of the molecule is C=CCC(OCCCCC)(C1COC(C)(C)O1)C(F)(F)C(=O)O. The number of hydrogen-bond acceptors (Lipinski definition) is 4. The van der Waals surface area contributed by atoms with Crippen molar-refractivity contribution in [1.82, 2.24) is 0 Å². The molecule has 0 aromatic rings. The number of aliphatic carboxylic acids is 1. The van der Waals surface area contributed by atoms with E-state index in [0.29, 0.717) is 6.42 Å². The Morgan fingerprint density at radius 1 is 1.48 bits per heavy atom. The molecule has 1 rings (SSSR count). The molecule has 0 radical (unpaired) electrons. The van der Waals surface area contributed by atoms with E-state index >= 15 is 0 Å². The predicted octanol–water partition coefficient (Wildman–Crippen LogP) is 3.38. The zero-order chi connectivity index (χ0) is 17.7. The van der Waals surface area contributed by atoms with E-state index in [1.807, 2.05) is 6.92 Å². The van der Waals surface area contributed by atoms with Crippen LogP contribution in [0.1, 0.15) is 46.5 Å². The minimum atomic E-state index is -4.14. The molecule has 0 aliphatic carbocycles. The van der Waals surface area contributed by atoms with Crippen LogP contribution >= 0.6 is 0 Å². The first kappa shape index (κ1) is 20.0. The summed E-state index contributed by atoms with van der Waals surface area (Å²) in [7, 11) is 0. The Morgan fingerprint density at radius 2 is 2.13 bits per heavy atom. The first-order valence-corrected chi connectivity index (χ1v) is 7.81. The molecule has 1 aliphatic rings. The standard InChI is InChI=1S/C16H26F2O5/c1-5-7-8-10-21-15(9-6-2,16(17,18)13(19)20)12-11-22-14(3,4)23-12/h6,12H,2,5,7-11H2,1,3-4H3,(H,19,20). The largest absolute Gasteiger partial charge is 0.477 e. The monoisotopic (exact) mass is 336 g/mol. The zero-order valence-electron chi connectivity index (χ0n) is 13.9. The lowest BCUT2D eigenvalue weighted by atomic mass is 9.85. The van der Waals surface area contributed by atoms with Gasteiger partial charge in [-0.15, -0.1) is 6.58 Å². The molecule has 2 atom stereocenters. The van der Waals surface area contributed by atoms with Gasteiger partial charge in [0.15, 0.2) is 11.4 Å². The third-order valence-electron chi connectivity index (χ3n) is 3.88. The molecule has 0 spiro atoms. The maximum absolute atomic E-state index is 14.6. The van der Waals surface area contributed by atoms with Crippen LogP contribution in [-0.4, -0.2) is 47.7 Å². The lowest BCUT2D eigenvalue weighted by molar-refractivity contribution is -0.262. The second-order valence-corrected chi connectivity index (χ2v) is 6.13. The summed E-state index contributed by atoms with van der Waals surface area (Å²) in [4.78, 5) is 11.2. The summed E-state index contributed by atoms with van der Waals surface area (Å²) < 4.78 is 45.5. The molecule has 0 aromatic carbocycles. The number of carboxylic acid groups (broad SMARTS) is 1. The van der Waals surface area contributed by atoms with Crippen LogP contribution in [-0.2, 0) is 19.0 Å². The summed E-state index contributed by atoms with van der Waals surface area (Å²) in [5.74, 6) is -7.46. The Balaban J connectivity index is 3.14. The Kier molecular flexibility index (Phi) is 6.68. The van der Waals surface area contributed by atoms with Gasteiger partial charge in [0.2, 0.25) is 0 Å². The van der Waals surface area contributed by atoms with Crippen LogP contribution in [0.4, 0.5) is 8.78 Å². The van der Waals surface area contributed by atoms with Gasteiger partial charge in [-0.25, -0.2) is 4.79 Å². The van der Waals surface area contributed by atoms with Crippen molar-refractivity contribution < 1.29 is 32.9 Å². The second kappa shape index (κ2) is 7.68. The predicted molar refractivity (Wildman–Crippen MR) is 80.5 cm³/mol. The van der Waals surface area contributed by atoms with Crippen LogP contribution in [0.25, 0.3) is 0 Å². The first-order valence-electron chi connectivity index (χ1n) is 7.81. The van der Waals surface area contributed by atoms with Gasteiger partial charge in [0.25, 0.3) is 0 Å². The highest BCUT2D eigenvalue weighted by atomic mass is 19.3. The molecule has 7 heteroatoms. The molecule has 1 saturated heterocycles. The summed E-state index contributed by atoms with van der Waals surface area (Å²) in [6.07, 6.45) is 1.92. The molecule has 1 fully saturated rings. The third kappa shape index (κ3) is 4.28. The summed E-state index contributed by atoms with van der Waals surface area (Å²) in [6.45, 7) is 8.46. The number of halogens is 2. The van der Waals surface area contributed by atoms with E-state index in [-0.39, 0.29) is 19.6 Å². The van der Waals surface area contributed by atoms with Gasteiger partial charge in [-0.2, -0.15) is 8.78 Å². The number of rotatable bonds is 10. The molecule has 0 saturated carbocycles. The Hall–Kier alpha value is -1.05. The van der Waals surface area contributed by atoms with E-state index in [2.05, 4.69) is 6.58 Å². The van der Waals surface area contributed by atoms with Crippen molar-refractivity contribution >= 4 is 5.97 Å². The van der Waals surface area contributed by atoms with Crippen molar-refractivity contribution in [1.29, 1.82) is 0 Å². The molecule has 5 nitrogen and oxygen atoms in total. The minimum absolute atomic E-state index is 0.0187. The quantitative estimate of drug-likeness (QED) is 0.489. The van der Waals surface area contributed by atoms with E-state index < -0.39 is 29.4 Å². The maximum Gasteiger partial charge on any atom is 0.377 e. The number of unbranched alkanes of at least 4 members (excludes halogenated alkanes) is 2. The van der Waals surface area contributed by atoms with Crippen LogP contribution in [0.5, 0.6) is 0 Å². The summed E-state index contributed by atoms with van der Waals surface area (Å²) in [5.41, 5.74) is -2.35. The average Bonchev–Trinajstić information content (AvgIpc) is 2.82. The van der Waals surface area contributed by atoms with Crippen molar-refractivity contribution in [2.24, 2.45) is 0 Å². The highest BCUT2D eigenvalue weighted by Crippen LogP contribution is 2.44. The van der Waals surface area contributed by atoms with Crippen LogP contribution in [0.15, 0.2) is 12.7 Å². The van der Waals surface area contributed by atoms with E-state index in [0.717, 1.165) is 12.8 Å². The topological polar surface area (TPSA) is 65.0 Å². The number of alkyl halides is 2. The first-order chi connectivity index (χ1) is 10.6. The van der Waals surface area contributed by atoms with Gasteiger partial charge in [0.1, 0.15) is 6.10 Å². The minimum Gasteiger partial charge on any atom is -0.477 e. The average molecular weight is 336 g/mol. The number of carbonyl (C=O) groups is 1. The Morgan fingerprint density at radius 3 is 2.57 bits per heavy atom. The van der Waals surface area contributed by atoms with Crippen LogP contribution in [0.2, 0.25) is 0 Å². The molecule has 0 bridgehead atoms. The van der Waals surface area contributed by atoms with E-state index in [1.165, 1.54) is 6.08 Å². The molecule has 1 aliphatic heterocycles. The number of carboxylic acids is 1. The van der Waals surface area contributed by atoms with Gasteiger partial charge in [0, 0.05) is 13.0 Å². The Bertz CT molecular complexity index is 425. The van der Waals surface area contributed by atoms with E-state index in [4.69, 9.17) is 19.3 Å². The van der Waals surface area contributed by atoms with Gasteiger partial charge in [-0.1, -0.05) is 25.8 Å². The lowest BCUT2D eigenvalue weighted by Crippen LogP contribution is -2.62. The van der Waals surface area contributed by atoms with Gasteiger partial charge in [-0.3, -0.25) is 0 Å². The van der Waals surface area contributed by atoms with Gasteiger partial charge < -0.3 is 19.3 Å². The van der Waals surface area contributed by atoms with Crippen molar-refractivity contribution in [3.8, 4) is 0 Å². The molecule has 0 amide bonds. The summed E-state index contributed by atoms with van der Waals surface area (Å²) in [6, 6.07) is 0. The van der Waals surface area contributed by atoms with E-state index in [1.54, 1.807) is 13.8 Å². The van der Waals surface area contributed by atoms with Crippen LogP contribution < -0.4 is 0 Å². The fourth-order valence-corrected chi connectivity index (χ4v) is 2.62. The number of ether oxygens (including phenoxy) is 3. The van der Waals surface area contributed by atoms with Gasteiger partial charge >= 0.3 is 11.9 Å². The molecule has 1 heterocycles.